The van der Waals surface area contributed by atoms with Crippen LogP contribution >= 0.6 is 0 Å². The number of ether oxygens (including phenoxy) is 2. The monoisotopic (exact) mass is 215 g/mol. The minimum Gasteiger partial charge on any atom is -0.382 e. The molecule has 0 bridgehead atoms. The second-order valence-electron chi connectivity index (χ2n) is 4.79. The lowest BCUT2D eigenvalue weighted by atomic mass is 10.1. The molecule has 1 N–H and O–H groups in total. The summed E-state index contributed by atoms with van der Waals surface area (Å²) in [4.78, 5) is 0. The predicted octanol–water partition coefficient (Wildman–Crippen LogP) is 1.96. The Labute approximate surface area is 93.5 Å². The summed E-state index contributed by atoms with van der Waals surface area (Å²) in [6.45, 7) is 10.1. The molecule has 0 aliphatic carbocycles. The van der Waals surface area contributed by atoms with Gasteiger partial charge in [-0.1, -0.05) is 0 Å². The predicted molar refractivity (Wildman–Crippen MR) is 62.2 cm³/mol. The Morgan fingerprint density at radius 1 is 1.47 bits per heavy atom. The highest BCUT2D eigenvalue weighted by Gasteiger charge is 2.30. The topological polar surface area (TPSA) is 30.5 Å². The molecular weight excluding hydrogens is 190 g/mol. The van der Waals surface area contributed by atoms with Crippen molar-refractivity contribution in [3.63, 3.8) is 0 Å². The minimum atomic E-state index is 0.0949. The van der Waals surface area contributed by atoms with Crippen LogP contribution in [0.15, 0.2) is 0 Å². The van der Waals surface area contributed by atoms with Gasteiger partial charge in [-0.3, -0.25) is 0 Å². The van der Waals surface area contributed by atoms with Crippen molar-refractivity contribution >= 4 is 0 Å². The fraction of sp³-hybridized carbons (Fsp3) is 1.00. The number of nitrogens with one attached hydrogen (secondary N) is 1. The molecule has 1 fully saturated rings. The zero-order chi connectivity index (χ0) is 11.1. The van der Waals surface area contributed by atoms with Crippen LogP contribution in [0.3, 0.4) is 0 Å². The van der Waals surface area contributed by atoms with Crippen molar-refractivity contribution < 1.29 is 9.47 Å². The van der Waals surface area contributed by atoms with Gasteiger partial charge >= 0.3 is 0 Å². The largest absolute Gasteiger partial charge is 0.382 e. The molecule has 0 radical (unpaired) electrons. The van der Waals surface area contributed by atoms with Gasteiger partial charge in [-0.2, -0.15) is 0 Å². The summed E-state index contributed by atoms with van der Waals surface area (Å²) in [6.07, 6.45) is 3.86. The Bertz CT molecular complexity index is 171. The first-order chi connectivity index (χ1) is 7.14. The van der Waals surface area contributed by atoms with Crippen molar-refractivity contribution in [3.05, 3.63) is 0 Å². The van der Waals surface area contributed by atoms with Gasteiger partial charge in [0.15, 0.2) is 0 Å². The molecule has 3 nitrogen and oxygen atoms in total. The molecule has 15 heavy (non-hydrogen) atoms. The summed E-state index contributed by atoms with van der Waals surface area (Å²) in [5, 5.41) is 3.42. The van der Waals surface area contributed by atoms with E-state index in [4.69, 9.17) is 9.47 Å². The van der Waals surface area contributed by atoms with E-state index in [1.54, 1.807) is 0 Å². The summed E-state index contributed by atoms with van der Waals surface area (Å²) in [5.74, 6) is 0. The molecule has 0 saturated carbocycles. The highest BCUT2D eigenvalue weighted by molar-refractivity contribution is 4.81. The second-order valence-corrected chi connectivity index (χ2v) is 4.79. The first-order valence-corrected chi connectivity index (χ1v) is 6.10. The third-order valence-corrected chi connectivity index (χ3v) is 2.77. The average Bonchev–Trinajstić information content (AvgIpc) is 2.52. The van der Waals surface area contributed by atoms with Gasteiger partial charge in [-0.25, -0.2) is 0 Å². The van der Waals surface area contributed by atoms with Gasteiger partial charge < -0.3 is 14.8 Å². The Hall–Kier alpha value is -0.120. The van der Waals surface area contributed by atoms with Gasteiger partial charge in [0.2, 0.25) is 0 Å². The average molecular weight is 215 g/mol. The highest BCUT2D eigenvalue weighted by Crippen LogP contribution is 2.28. The Morgan fingerprint density at radius 3 is 2.87 bits per heavy atom. The van der Waals surface area contributed by atoms with Crippen LogP contribution in [0.1, 0.15) is 40.0 Å². The van der Waals surface area contributed by atoms with Crippen LogP contribution < -0.4 is 5.32 Å². The summed E-state index contributed by atoms with van der Waals surface area (Å²) < 4.78 is 11.2. The molecule has 1 unspecified atom stereocenters. The summed E-state index contributed by atoms with van der Waals surface area (Å²) in [7, 11) is 0. The molecule has 1 saturated heterocycles. The van der Waals surface area contributed by atoms with Crippen LogP contribution in [0, 0.1) is 0 Å². The molecule has 1 atom stereocenters. The van der Waals surface area contributed by atoms with Crippen LogP contribution in [0.25, 0.3) is 0 Å². The van der Waals surface area contributed by atoms with E-state index in [0.29, 0.717) is 6.10 Å². The van der Waals surface area contributed by atoms with Crippen LogP contribution in [0.5, 0.6) is 0 Å². The number of hydrogen-bond donors (Lipinski definition) is 1. The molecule has 1 rings (SSSR count). The Kier molecular flexibility index (Phi) is 5.58. The summed E-state index contributed by atoms with van der Waals surface area (Å²) in [6, 6.07) is 0. The highest BCUT2D eigenvalue weighted by atomic mass is 16.5. The van der Waals surface area contributed by atoms with Crippen molar-refractivity contribution in [1.29, 1.82) is 0 Å². The molecule has 3 heteroatoms. The lowest BCUT2D eigenvalue weighted by Gasteiger charge is -2.19. The van der Waals surface area contributed by atoms with E-state index in [2.05, 4.69) is 19.2 Å². The van der Waals surface area contributed by atoms with Crippen LogP contribution in [0.2, 0.25) is 0 Å². The van der Waals surface area contributed by atoms with E-state index in [1.165, 1.54) is 12.8 Å². The van der Waals surface area contributed by atoms with Gasteiger partial charge in [0, 0.05) is 19.8 Å². The van der Waals surface area contributed by atoms with E-state index in [9.17, 15) is 0 Å². The molecule has 1 aliphatic rings. The standard InChI is InChI=1S/C12H25NO2/c1-4-14-9-5-8-13-10-11-6-7-12(2,3)15-11/h11,13H,4-10H2,1-3H3. The van der Waals surface area contributed by atoms with E-state index >= 15 is 0 Å². The van der Waals surface area contributed by atoms with Gasteiger partial charge in [0.25, 0.3) is 0 Å². The Balaban J connectivity index is 1.93. The molecule has 0 spiro atoms. The molecule has 1 heterocycles. The first kappa shape index (κ1) is 12.9. The molecule has 0 aromatic rings. The van der Waals surface area contributed by atoms with Crippen molar-refractivity contribution in [1.82, 2.24) is 5.32 Å². The molecule has 90 valence electrons. The third-order valence-electron chi connectivity index (χ3n) is 2.77. The van der Waals surface area contributed by atoms with E-state index < -0.39 is 0 Å². The quantitative estimate of drug-likeness (QED) is 0.659. The fourth-order valence-corrected chi connectivity index (χ4v) is 1.93. The zero-order valence-corrected chi connectivity index (χ0v) is 10.3. The van der Waals surface area contributed by atoms with Crippen molar-refractivity contribution in [2.45, 2.75) is 51.7 Å². The lowest BCUT2D eigenvalue weighted by Crippen LogP contribution is -2.30. The Morgan fingerprint density at radius 2 is 2.27 bits per heavy atom. The van der Waals surface area contributed by atoms with Crippen molar-refractivity contribution in [2.75, 3.05) is 26.3 Å². The van der Waals surface area contributed by atoms with Gasteiger partial charge in [-0.05, 0) is 46.6 Å². The van der Waals surface area contributed by atoms with Crippen LogP contribution in [0.4, 0.5) is 0 Å². The fourth-order valence-electron chi connectivity index (χ4n) is 1.93. The maximum atomic E-state index is 5.88. The maximum absolute atomic E-state index is 5.88. The molecule has 0 aromatic carbocycles. The molecule has 0 aromatic heterocycles. The van der Waals surface area contributed by atoms with Crippen LogP contribution in [-0.4, -0.2) is 38.0 Å². The minimum absolute atomic E-state index is 0.0949. The zero-order valence-electron chi connectivity index (χ0n) is 10.3. The van der Waals surface area contributed by atoms with E-state index in [-0.39, 0.29) is 5.60 Å². The number of rotatable bonds is 7. The summed E-state index contributed by atoms with van der Waals surface area (Å²) in [5.41, 5.74) is 0.0949. The molecular formula is C12H25NO2. The number of hydrogen-bond acceptors (Lipinski definition) is 3. The smallest absolute Gasteiger partial charge is 0.0707 e. The first-order valence-electron chi connectivity index (χ1n) is 6.10. The summed E-state index contributed by atoms with van der Waals surface area (Å²) >= 11 is 0. The van der Waals surface area contributed by atoms with Gasteiger partial charge in [0.1, 0.15) is 0 Å². The normalized spacial score (nSPS) is 24.6. The van der Waals surface area contributed by atoms with Crippen molar-refractivity contribution in [3.8, 4) is 0 Å². The van der Waals surface area contributed by atoms with Crippen LogP contribution in [-0.2, 0) is 9.47 Å². The maximum Gasteiger partial charge on any atom is 0.0707 e. The second kappa shape index (κ2) is 6.46. The lowest BCUT2D eigenvalue weighted by molar-refractivity contribution is -0.0142. The SMILES string of the molecule is CCOCCCNCC1CCC(C)(C)O1. The van der Waals surface area contributed by atoms with E-state index in [0.717, 1.165) is 32.7 Å². The molecule has 1 aliphatic heterocycles. The van der Waals surface area contributed by atoms with E-state index in [1.807, 2.05) is 6.92 Å². The van der Waals surface area contributed by atoms with Crippen molar-refractivity contribution in [2.24, 2.45) is 0 Å². The molecule has 0 amide bonds. The third kappa shape index (κ3) is 5.50. The van der Waals surface area contributed by atoms with Gasteiger partial charge in [0.05, 0.1) is 11.7 Å². The van der Waals surface area contributed by atoms with Gasteiger partial charge in [-0.15, -0.1) is 0 Å².